The molecule has 0 aromatic carbocycles. The van der Waals surface area contributed by atoms with Crippen LogP contribution in [0.25, 0.3) is 0 Å². The average Bonchev–Trinajstić information content (AvgIpc) is 2.34. The van der Waals surface area contributed by atoms with Gasteiger partial charge in [0, 0.05) is 12.6 Å². The smallest absolute Gasteiger partial charge is 0.0897 e. The Labute approximate surface area is 112 Å². The summed E-state index contributed by atoms with van der Waals surface area (Å²) in [5.41, 5.74) is 0. The first-order valence-electron chi connectivity index (χ1n) is 7.61. The first kappa shape index (κ1) is 15.9. The second-order valence-electron chi connectivity index (χ2n) is 6.19. The second kappa shape index (κ2) is 8.89. The van der Waals surface area contributed by atoms with Crippen molar-refractivity contribution in [3.05, 3.63) is 0 Å². The first-order valence-corrected chi connectivity index (χ1v) is 7.61. The zero-order chi connectivity index (χ0) is 13.4. The van der Waals surface area contributed by atoms with E-state index in [2.05, 4.69) is 26.1 Å². The van der Waals surface area contributed by atoms with E-state index >= 15 is 0 Å². The maximum absolute atomic E-state index is 9.88. The molecule has 0 spiro atoms. The highest BCUT2D eigenvalue weighted by atomic mass is 16.5. The normalized spacial score (nSPS) is 21.2. The lowest BCUT2D eigenvalue weighted by molar-refractivity contribution is -0.0236. The minimum absolute atomic E-state index is 0.374. The van der Waals surface area contributed by atoms with Crippen molar-refractivity contribution in [3.63, 3.8) is 0 Å². The van der Waals surface area contributed by atoms with Crippen molar-refractivity contribution in [2.24, 2.45) is 5.92 Å². The van der Waals surface area contributed by atoms with Crippen LogP contribution in [-0.4, -0.2) is 36.5 Å². The lowest BCUT2D eigenvalue weighted by Crippen LogP contribution is -2.37. The van der Waals surface area contributed by atoms with Gasteiger partial charge in [-0.3, -0.25) is 0 Å². The maximum Gasteiger partial charge on any atom is 0.0897 e. The van der Waals surface area contributed by atoms with Gasteiger partial charge in [0.25, 0.3) is 0 Å². The van der Waals surface area contributed by atoms with Gasteiger partial charge in [-0.05, 0) is 32.1 Å². The second-order valence-corrected chi connectivity index (χ2v) is 6.19. The number of ether oxygens (including phenoxy) is 1. The summed E-state index contributed by atoms with van der Waals surface area (Å²) in [4.78, 5) is 0. The molecule has 0 saturated heterocycles. The number of aliphatic hydroxyl groups excluding tert-OH is 1. The van der Waals surface area contributed by atoms with E-state index in [0.717, 1.165) is 6.42 Å². The van der Waals surface area contributed by atoms with E-state index in [9.17, 15) is 5.11 Å². The van der Waals surface area contributed by atoms with E-state index < -0.39 is 0 Å². The summed E-state index contributed by atoms with van der Waals surface area (Å²) < 4.78 is 5.77. The zero-order valence-corrected chi connectivity index (χ0v) is 12.3. The van der Waals surface area contributed by atoms with Crippen LogP contribution >= 0.6 is 0 Å². The van der Waals surface area contributed by atoms with E-state index in [1.165, 1.54) is 32.1 Å². The molecule has 3 nitrogen and oxygen atoms in total. The highest BCUT2D eigenvalue weighted by Crippen LogP contribution is 2.20. The van der Waals surface area contributed by atoms with Gasteiger partial charge in [0.15, 0.2) is 0 Å². The molecule has 0 radical (unpaired) electrons. The quantitative estimate of drug-likeness (QED) is 0.702. The van der Waals surface area contributed by atoms with Crippen molar-refractivity contribution in [1.82, 2.24) is 5.32 Å². The lowest BCUT2D eigenvalue weighted by atomic mass is 9.98. The molecule has 3 heteroatoms. The van der Waals surface area contributed by atoms with Gasteiger partial charge in [-0.25, -0.2) is 0 Å². The maximum atomic E-state index is 9.88. The van der Waals surface area contributed by atoms with Gasteiger partial charge < -0.3 is 15.2 Å². The number of nitrogens with one attached hydrogen (secondary N) is 1. The minimum atomic E-state index is -0.374. The van der Waals surface area contributed by atoms with Gasteiger partial charge in [0.05, 0.1) is 18.8 Å². The zero-order valence-electron chi connectivity index (χ0n) is 12.3. The fourth-order valence-corrected chi connectivity index (χ4v) is 2.67. The first-order chi connectivity index (χ1) is 8.58. The Morgan fingerprint density at radius 2 is 1.83 bits per heavy atom. The molecule has 1 aliphatic rings. The third kappa shape index (κ3) is 7.34. The summed E-state index contributed by atoms with van der Waals surface area (Å²) in [6.45, 7) is 7.74. The van der Waals surface area contributed by atoms with E-state index in [-0.39, 0.29) is 6.10 Å². The molecule has 1 fully saturated rings. The fourth-order valence-electron chi connectivity index (χ4n) is 2.67. The summed E-state index contributed by atoms with van der Waals surface area (Å²) in [6, 6.07) is 0.467. The van der Waals surface area contributed by atoms with E-state index in [0.29, 0.717) is 31.2 Å². The van der Waals surface area contributed by atoms with Gasteiger partial charge >= 0.3 is 0 Å². The van der Waals surface area contributed by atoms with Gasteiger partial charge in [-0.1, -0.05) is 33.1 Å². The molecule has 1 aliphatic carbocycles. The predicted molar refractivity (Wildman–Crippen MR) is 75.8 cm³/mol. The van der Waals surface area contributed by atoms with Crippen molar-refractivity contribution in [3.8, 4) is 0 Å². The molecule has 2 atom stereocenters. The molecular formula is C15H31NO2. The third-order valence-corrected chi connectivity index (χ3v) is 3.60. The van der Waals surface area contributed by atoms with Crippen molar-refractivity contribution in [2.75, 3.05) is 13.2 Å². The van der Waals surface area contributed by atoms with Crippen LogP contribution in [0, 0.1) is 5.92 Å². The van der Waals surface area contributed by atoms with E-state index in [1.807, 2.05) is 0 Å². The Hall–Kier alpha value is -0.120. The Bertz CT molecular complexity index is 203. The highest BCUT2D eigenvalue weighted by Gasteiger charge is 2.15. The van der Waals surface area contributed by atoms with Crippen molar-refractivity contribution >= 4 is 0 Å². The Balaban J connectivity index is 2.04. The summed E-state index contributed by atoms with van der Waals surface area (Å²) in [5.74, 6) is 0.697. The predicted octanol–water partition coefficient (Wildman–Crippen LogP) is 2.72. The van der Waals surface area contributed by atoms with Crippen LogP contribution in [0.5, 0.6) is 0 Å². The number of hydrogen-bond donors (Lipinski definition) is 2. The van der Waals surface area contributed by atoms with Gasteiger partial charge in [0.2, 0.25) is 0 Å². The largest absolute Gasteiger partial charge is 0.389 e. The molecule has 0 amide bonds. The van der Waals surface area contributed by atoms with Crippen molar-refractivity contribution in [2.45, 2.75) is 77.5 Å². The number of rotatable bonds is 8. The molecule has 0 aliphatic heterocycles. The molecule has 0 heterocycles. The Morgan fingerprint density at radius 3 is 2.44 bits per heavy atom. The summed E-state index contributed by atoms with van der Waals surface area (Å²) in [7, 11) is 0. The molecule has 1 saturated carbocycles. The standard InChI is InChI=1S/C15H31NO2/c1-12(2)9-13(3)16-10-14(17)11-18-15-7-5-4-6-8-15/h12-17H,4-11H2,1-3H3. The summed E-state index contributed by atoms with van der Waals surface area (Å²) in [5, 5.41) is 13.2. The van der Waals surface area contributed by atoms with Gasteiger partial charge in [-0.2, -0.15) is 0 Å². The minimum Gasteiger partial charge on any atom is -0.389 e. The molecule has 2 N–H and O–H groups in total. The highest BCUT2D eigenvalue weighted by molar-refractivity contribution is 4.69. The summed E-state index contributed by atoms with van der Waals surface area (Å²) in [6.07, 6.45) is 7.42. The number of aliphatic hydroxyl groups is 1. The molecule has 0 aromatic rings. The monoisotopic (exact) mass is 257 g/mol. The van der Waals surface area contributed by atoms with Crippen LogP contribution in [0.3, 0.4) is 0 Å². The van der Waals surface area contributed by atoms with Gasteiger partial charge in [0.1, 0.15) is 0 Å². The van der Waals surface area contributed by atoms with Crippen molar-refractivity contribution < 1.29 is 9.84 Å². The topological polar surface area (TPSA) is 41.5 Å². The average molecular weight is 257 g/mol. The van der Waals surface area contributed by atoms with Crippen molar-refractivity contribution in [1.29, 1.82) is 0 Å². The third-order valence-electron chi connectivity index (χ3n) is 3.60. The molecule has 1 rings (SSSR count). The van der Waals surface area contributed by atoms with Crippen LogP contribution in [-0.2, 0) is 4.74 Å². The molecule has 0 aromatic heterocycles. The van der Waals surface area contributed by atoms with Crippen LogP contribution in [0.1, 0.15) is 59.3 Å². The van der Waals surface area contributed by atoms with Crippen LogP contribution in [0.15, 0.2) is 0 Å². The summed E-state index contributed by atoms with van der Waals surface area (Å²) >= 11 is 0. The number of hydrogen-bond acceptors (Lipinski definition) is 3. The molecule has 108 valence electrons. The van der Waals surface area contributed by atoms with E-state index in [4.69, 9.17) is 4.74 Å². The van der Waals surface area contributed by atoms with Crippen LogP contribution in [0.2, 0.25) is 0 Å². The SMILES string of the molecule is CC(C)CC(C)NCC(O)COC1CCCCC1. The Morgan fingerprint density at radius 1 is 1.17 bits per heavy atom. The van der Waals surface area contributed by atoms with Crippen LogP contribution in [0.4, 0.5) is 0 Å². The molecular weight excluding hydrogens is 226 g/mol. The lowest BCUT2D eigenvalue weighted by Gasteiger charge is -2.24. The Kier molecular flexibility index (Phi) is 7.87. The van der Waals surface area contributed by atoms with Gasteiger partial charge in [-0.15, -0.1) is 0 Å². The fraction of sp³-hybridized carbons (Fsp3) is 1.00. The molecule has 18 heavy (non-hydrogen) atoms. The molecule has 2 unspecified atom stereocenters. The molecule has 0 bridgehead atoms. The van der Waals surface area contributed by atoms with E-state index in [1.54, 1.807) is 0 Å². The van der Waals surface area contributed by atoms with Crippen LogP contribution < -0.4 is 5.32 Å².